The summed E-state index contributed by atoms with van der Waals surface area (Å²) in [6.45, 7) is 0. The van der Waals surface area contributed by atoms with Crippen molar-refractivity contribution in [2.45, 2.75) is 50.6 Å². The molecule has 58 valence electrons. The molecular weight excluding hydrogens is 190 g/mol. The van der Waals surface area contributed by atoms with E-state index in [0.29, 0.717) is 0 Å². The number of hydrogen-bond donors (Lipinski definition) is 0. The molecule has 2 fully saturated rings. The van der Waals surface area contributed by atoms with Crippen LogP contribution in [0.5, 0.6) is 0 Å². The Hall–Kier alpha value is 0.440. The molecule has 0 amide bonds. The molecule has 0 aromatic carbocycles. The summed E-state index contributed by atoms with van der Waals surface area (Å²) < 4.78 is 2.43. The molecule has 0 N–H and O–H groups in total. The first-order valence-corrected chi connectivity index (χ1v) is 5.03. The second kappa shape index (κ2) is 2.82. The van der Waals surface area contributed by atoms with E-state index in [4.69, 9.17) is 0 Å². The van der Waals surface area contributed by atoms with Gasteiger partial charge in [0.15, 0.2) is 0 Å². The zero-order valence-electron chi connectivity index (χ0n) is 6.22. The van der Waals surface area contributed by atoms with Crippen LogP contribution >= 0.6 is 16.1 Å². The van der Waals surface area contributed by atoms with Gasteiger partial charge in [0, 0.05) is 28.2 Å². The fourth-order valence-electron chi connectivity index (χ4n) is 2.26. The normalized spacial score (nSPS) is 41.7. The van der Waals surface area contributed by atoms with Gasteiger partial charge in [0.2, 0.25) is 0 Å². The van der Waals surface area contributed by atoms with Crippen LogP contribution in [0.3, 0.4) is 0 Å². The van der Waals surface area contributed by atoms with Crippen molar-refractivity contribution >= 4 is 16.1 Å². The number of nitrogens with zero attached hydrogens (tertiary/aromatic N) is 1. The molecule has 2 heterocycles. The second-order valence-electron chi connectivity index (χ2n) is 3.51. The topological polar surface area (TPSA) is 3.24 Å². The van der Waals surface area contributed by atoms with Crippen molar-refractivity contribution in [2.24, 2.45) is 0 Å². The lowest BCUT2D eigenvalue weighted by molar-refractivity contribution is 0.145. The van der Waals surface area contributed by atoms with Gasteiger partial charge >= 0.3 is 0 Å². The van der Waals surface area contributed by atoms with Gasteiger partial charge < -0.3 is 0 Å². The molecule has 0 atom stereocenters. The predicted octanol–water partition coefficient (Wildman–Crippen LogP) is 2.70. The first-order chi connectivity index (χ1) is 4.88. The van der Waals surface area contributed by atoms with Crippen molar-refractivity contribution in [3.05, 3.63) is 0 Å². The average molecular weight is 204 g/mol. The van der Waals surface area contributed by atoms with Crippen LogP contribution in [-0.2, 0) is 0 Å². The summed E-state index contributed by atoms with van der Waals surface area (Å²) in [7, 11) is 0. The highest BCUT2D eigenvalue weighted by atomic mass is 79.9. The molecule has 0 saturated carbocycles. The highest BCUT2D eigenvalue weighted by molar-refractivity contribution is 9.07. The summed E-state index contributed by atoms with van der Waals surface area (Å²) in [5.74, 6) is 0. The van der Waals surface area contributed by atoms with Gasteiger partial charge in [-0.2, -0.15) is 0 Å². The molecule has 0 aliphatic carbocycles. The summed E-state index contributed by atoms with van der Waals surface area (Å²) in [5.41, 5.74) is 0. The largest absolute Gasteiger partial charge is 0.236 e. The van der Waals surface area contributed by atoms with Gasteiger partial charge in [0.05, 0.1) is 0 Å². The number of rotatable bonds is 0. The van der Waals surface area contributed by atoms with Crippen LogP contribution in [0.25, 0.3) is 0 Å². The third kappa shape index (κ3) is 1.12. The molecular formula is C8H14BrN. The van der Waals surface area contributed by atoms with Gasteiger partial charge in [-0.15, -0.1) is 0 Å². The summed E-state index contributed by atoms with van der Waals surface area (Å²) in [5, 5.41) is 0. The Labute approximate surface area is 71.1 Å². The quantitative estimate of drug-likeness (QED) is 0.548. The van der Waals surface area contributed by atoms with E-state index in [-0.39, 0.29) is 0 Å². The maximum Gasteiger partial charge on any atom is 0.0208 e. The van der Waals surface area contributed by atoms with Gasteiger partial charge in [-0.1, -0.05) is 12.8 Å². The van der Waals surface area contributed by atoms with Crippen molar-refractivity contribution in [2.75, 3.05) is 0 Å². The van der Waals surface area contributed by atoms with Gasteiger partial charge in [-0.25, -0.2) is 3.93 Å². The fraction of sp³-hybridized carbons (Fsp3) is 1.00. The van der Waals surface area contributed by atoms with Gasteiger partial charge in [-0.05, 0) is 25.7 Å². The Morgan fingerprint density at radius 3 is 1.60 bits per heavy atom. The number of fused-ring (bicyclic) bond motifs is 2. The third-order valence-electron chi connectivity index (χ3n) is 2.85. The first kappa shape index (κ1) is 7.11. The summed E-state index contributed by atoms with van der Waals surface area (Å²) in [6.07, 6.45) is 8.59. The lowest BCUT2D eigenvalue weighted by Crippen LogP contribution is -2.43. The van der Waals surface area contributed by atoms with E-state index in [9.17, 15) is 0 Å². The Balaban J connectivity index is 2.05. The van der Waals surface area contributed by atoms with Crippen LogP contribution in [0.4, 0.5) is 0 Å². The third-order valence-corrected chi connectivity index (χ3v) is 4.01. The Morgan fingerprint density at radius 1 is 0.900 bits per heavy atom. The zero-order chi connectivity index (χ0) is 6.97. The van der Waals surface area contributed by atoms with Crippen molar-refractivity contribution < 1.29 is 0 Å². The molecule has 2 aliphatic rings. The first-order valence-electron chi connectivity index (χ1n) is 4.32. The monoisotopic (exact) mass is 203 g/mol. The second-order valence-corrected chi connectivity index (χ2v) is 4.33. The summed E-state index contributed by atoms with van der Waals surface area (Å²) in [6, 6.07) is 1.74. The van der Waals surface area contributed by atoms with Gasteiger partial charge in [-0.3, -0.25) is 0 Å². The van der Waals surface area contributed by atoms with Crippen molar-refractivity contribution in [3.63, 3.8) is 0 Å². The van der Waals surface area contributed by atoms with E-state index in [1.54, 1.807) is 0 Å². The fourth-order valence-corrected chi connectivity index (χ4v) is 3.08. The Kier molecular flexibility index (Phi) is 2.01. The number of halogens is 1. The molecule has 2 saturated heterocycles. The molecule has 1 nitrogen and oxygen atoms in total. The van der Waals surface area contributed by atoms with Crippen LogP contribution in [0.2, 0.25) is 0 Å². The van der Waals surface area contributed by atoms with E-state index in [1.165, 1.54) is 38.5 Å². The average Bonchev–Trinajstić information content (AvgIpc) is 1.86. The van der Waals surface area contributed by atoms with E-state index in [2.05, 4.69) is 20.1 Å². The maximum absolute atomic E-state index is 3.66. The SMILES string of the molecule is BrN1C2CCCC1CCC2. The smallest absolute Gasteiger partial charge is 0.0208 e. The maximum atomic E-state index is 3.66. The summed E-state index contributed by atoms with van der Waals surface area (Å²) >= 11 is 3.66. The Morgan fingerprint density at radius 2 is 1.30 bits per heavy atom. The molecule has 0 radical (unpaired) electrons. The number of piperidine rings is 2. The van der Waals surface area contributed by atoms with Crippen LogP contribution in [0, 0.1) is 0 Å². The molecule has 0 spiro atoms. The van der Waals surface area contributed by atoms with Crippen molar-refractivity contribution in [1.82, 2.24) is 3.93 Å². The minimum Gasteiger partial charge on any atom is -0.236 e. The van der Waals surface area contributed by atoms with Crippen molar-refractivity contribution in [3.8, 4) is 0 Å². The summed E-state index contributed by atoms with van der Waals surface area (Å²) in [4.78, 5) is 0. The van der Waals surface area contributed by atoms with E-state index < -0.39 is 0 Å². The minimum atomic E-state index is 0.868. The van der Waals surface area contributed by atoms with Crippen LogP contribution in [0.15, 0.2) is 0 Å². The molecule has 0 aromatic heterocycles. The van der Waals surface area contributed by atoms with E-state index in [0.717, 1.165) is 12.1 Å². The van der Waals surface area contributed by atoms with Crippen LogP contribution < -0.4 is 0 Å². The Bertz CT molecular complexity index is 104. The molecule has 0 aromatic rings. The lowest BCUT2D eigenvalue weighted by atomic mass is 9.87. The minimum absolute atomic E-state index is 0.868. The highest BCUT2D eigenvalue weighted by Crippen LogP contribution is 2.35. The van der Waals surface area contributed by atoms with E-state index in [1.807, 2.05) is 0 Å². The molecule has 2 bridgehead atoms. The van der Waals surface area contributed by atoms with E-state index >= 15 is 0 Å². The lowest BCUT2D eigenvalue weighted by Gasteiger charge is -2.41. The van der Waals surface area contributed by atoms with Crippen LogP contribution in [-0.4, -0.2) is 16.0 Å². The zero-order valence-corrected chi connectivity index (χ0v) is 7.81. The van der Waals surface area contributed by atoms with Gasteiger partial charge in [0.1, 0.15) is 0 Å². The predicted molar refractivity (Wildman–Crippen MR) is 46.0 cm³/mol. The molecule has 10 heavy (non-hydrogen) atoms. The van der Waals surface area contributed by atoms with Crippen molar-refractivity contribution in [1.29, 1.82) is 0 Å². The molecule has 0 unspecified atom stereocenters. The molecule has 2 aliphatic heterocycles. The molecule has 2 rings (SSSR count). The number of hydrogen-bond acceptors (Lipinski definition) is 1. The molecule has 2 heteroatoms. The van der Waals surface area contributed by atoms with Crippen LogP contribution in [0.1, 0.15) is 38.5 Å². The highest BCUT2D eigenvalue weighted by Gasteiger charge is 2.31. The van der Waals surface area contributed by atoms with Gasteiger partial charge in [0.25, 0.3) is 0 Å². The standard InChI is InChI=1S/C8H14BrN/c9-10-7-3-1-4-8(10)6-2-5-7/h7-8H,1-6H2.